The van der Waals surface area contributed by atoms with E-state index in [0.717, 1.165) is 44.6 Å². The molecule has 8 heteroatoms. The number of carbonyl (C=O) groups is 1. The molecule has 4 rings (SSSR count). The van der Waals surface area contributed by atoms with E-state index in [0.29, 0.717) is 46.4 Å². The van der Waals surface area contributed by atoms with E-state index < -0.39 is 5.76 Å². The molecule has 1 N–H and O–H groups in total. The summed E-state index contributed by atoms with van der Waals surface area (Å²) in [5.74, 6) is 0.846. The lowest BCUT2D eigenvalue weighted by atomic mass is 9.97. The first kappa shape index (κ1) is 29.3. The number of fused-ring (bicyclic) bond motifs is 1. The van der Waals surface area contributed by atoms with Crippen LogP contribution < -0.4 is 10.5 Å². The highest BCUT2D eigenvalue weighted by Gasteiger charge is 2.23. The molecule has 0 bridgehead atoms. The molecule has 0 saturated carbocycles. The maximum atomic E-state index is 13.8. The molecule has 0 aliphatic heterocycles. The third-order valence-electron chi connectivity index (χ3n) is 7.09. The summed E-state index contributed by atoms with van der Waals surface area (Å²) < 4.78 is 17.3. The van der Waals surface area contributed by atoms with E-state index in [1.54, 1.807) is 18.2 Å². The average molecular weight is 548 g/mol. The second-order valence-corrected chi connectivity index (χ2v) is 10.2. The van der Waals surface area contributed by atoms with E-state index in [-0.39, 0.29) is 11.7 Å². The fourth-order valence-electron chi connectivity index (χ4n) is 4.82. The van der Waals surface area contributed by atoms with Gasteiger partial charge in [-0.2, -0.15) is 0 Å². The maximum absolute atomic E-state index is 13.8. The lowest BCUT2D eigenvalue weighted by Gasteiger charge is -2.21. The van der Waals surface area contributed by atoms with Gasteiger partial charge in [0.2, 0.25) is 5.89 Å². The topological polar surface area (TPSA) is 102 Å². The molecule has 0 fully saturated rings. The van der Waals surface area contributed by atoms with Crippen LogP contribution in [0.4, 0.5) is 0 Å². The highest BCUT2D eigenvalue weighted by atomic mass is 16.5. The molecular formula is C32H41N3O5. The number of ketones is 1. The third-order valence-corrected chi connectivity index (χ3v) is 7.09. The summed E-state index contributed by atoms with van der Waals surface area (Å²) in [4.78, 5) is 27.8. The molecule has 4 aromatic rings. The third kappa shape index (κ3) is 7.50. The minimum Gasteiger partial charge on any atom is -0.494 e. The van der Waals surface area contributed by atoms with E-state index in [2.05, 4.69) is 35.9 Å². The first-order valence-corrected chi connectivity index (χ1v) is 14.6. The molecule has 0 amide bonds. The molecule has 214 valence electrons. The molecule has 0 unspecified atom stereocenters. The largest absolute Gasteiger partial charge is 0.494 e. The van der Waals surface area contributed by atoms with Crippen LogP contribution in [0, 0.1) is 0 Å². The maximum Gasteiger partial charge on any atom is 0.434 e. The lowest BCUT2D eigenvalue weighted by molar-refractivity contribution is 0.103. The molecule has 0 saturated heterocycles. The van der Waals surface area contributed by atoms with Gasteiger partial charge in [0, 0.05) is 29.5 Å². The van der Waals surface area contributed by atoms with Crippen molar-refractivity contribution in [2.45, 2.75) is 72.1 Å². The number of nitrogens with one attached hydrogen (secondary N) is 1. The number of hydrogen-bond acceptors (Lipinski definition) is 7. The summed E-state index contributed by atoms with van der Waals surface area (Å²) in [6.45, 7) is 10.5. The van der Waals surface area contributed by atoms with Crippen molar-refractivity contribution in [3.05, 3.63) is 69.9 Å². The van der Waals surface area contributed by atoms with Gasteiger partial charge in [0.25, 0.3) is 0 Å². The summed E-state index contributed by atoms with van der Waals surface area (Å²) in [5.41, 5.74) is 2.31. The molecular weight excluding hydrogens is 506 g/mol. The normalized spacial score (nSPS) is 11.5. The van der Waals surface area contributed by atoms with Crippen molar-refractivity contribution < 1.29 is 18.4 Å². The molecule has 0 radical (unpaired) electrons. The lowest BCUT2D eigenvalue weighted by Crippen LogP contribution is -2.28. The second kappa shape index (κ2) is 14.7. The number of ether oxygens (including phenoxy) is 1. The van der Waals surface area contributed by atoms with E-state index in [1.165, 1.54) is 25.7 Å². The van der Waals surface area contributed by atoms with E-state index >= 15 is 0 Å². The number of aryl methyl sites for hydroxylation is 1. The number of aromatic nitrogens is 2. The van der Waals surface area contributed by atoms with Gasteiger partial charge in [-0.3, -0.25) is 4.79 Å². The van der Waals surface area contributed by atoms with Crippen LogP contribution in [0.2, 0.25) is 0 Å². The van der Waals surface area contributed by atoms with Crippen LogP contribution in [0.25, 0.3) is 22.4 Å². The monoisotopic (exact) mass is 547 g/mol. The average Bonchev–Trinajstić information content (AvgIpc) is 3.57. The number of benzene rings is 2. The van der Waals surface area contributed by atoms with Crippen LogP contribution in [0.5, 0.6) is 5.75 Å². The SMILES string of the molecule is CCCCc1oc2ccc(-c3n[nH]c(=O)o3)cc2c1C(=O)c1ccc(OCCCN(CCCC)CCCC)cc1. The molecule has 40 heavy (non-hydrogen) atoms. The van der Waals surface area contributed by atoms with Crippen molar-refractivity contribution in [2.75, 3.05) is 26.2 Å². The highest BCUT2D eigenvalue weighted by Crippen LogP contribution is 2.32. The Balaban J connectivity index is 1.47. The molecule has 0 spiro atoms. The number of rotatable bonds is 17. The fraction of sp³-hybridized carbons (Fsp3) is 0.469. The van der Waals surface area contributed by atoms with Crippen molar-refractivity contribution in [3.63, 3.8) is 0 Å². The number of H-pyrrole nitrogens is 1. The summed E-state index contributed by atoms with van der Waals surface area (Å²) in [6.07, 6.45) is 8.39. The molecule has 0 aliphatic rings. The summed E-state index contributed by atoms with van der Waals surface area (Å²) in [5, 5.41) is 6.88. The van der Waals surface area contributed by atoms with Gasteiger partial charge >= 0.3 is 5.76 Å². The van der Waals surface area contributed by atoms with Gasteiger partial charge in [0.15, 0.2) is 5.78 Å². The zero-order valence-corrected chi connectivity index (χ0v) is 24.0. The first-order chi connectivity index (χ1) is 19.5. The second-order valence-electron chi connectivity index (χ2n) is 10.2. The van der Waals surface area contributed by atoms with E-state index in [1.807, 2.05) is 24.3 Å². The van der Waals surface area contributed by atoms with Gasteiger partial charge in [-0.25, -0.2) is 9.89 Å². The van der Waals surface area contributed by atoms with Crippen LogP contribution in [-0.4, -0.2) is 47.1 Å². The Bertz CT molecular complexity index is 1410. The van der Waals surface area contributed by atoms with Crippen molar-refractivity contribution in [2.24, 2.45) is 0 Å². The predicted molar refractivity (Wildman–Crippen MR) is 157 cm³/mol. The zero-order chi connectivity index (χ0) is 28.3. The quantitative estimate of drug-likeness (QED) is 0.112. The Morgan fingerprint density at radius 1 is 0.900 bits per heavy atom. The van der Waals surface area contributed by atoms with Gasteiger partial charge in [0.1, 0.15) is 17.1 Å². The summed E-state index contributed by atoms with van der Waals surface area (Å²) in [7, 11) is 0. The smallest absolute Gasteiger partial charge is 0.434 e. The Hall–Kier alpha value is -3.65. The van der Waals surface area contributed by atoms with Gasteiger partial charge in [-0.15, -0.1) is 5.10 Å². The van der Waals surface area contributed by atoms with Crippen LogP contribution in [0.1, 0.15) is 87.4 Å². The Kier molecular flexibility index (Phi) is 10.7. The van der Waals surface area contributed by atoms with Crippen LogP contribution in [0.15, 0.2) is 56.1 Å². The molecule has 0 atom stereocenters. The van der Waals surface area contributed by atoms with Crippen molar-refractivity contribution in [3.8, 4) is 17.2 Å². The number of hydrogen-bond donors (Lipinski definition) is 1. The first-order valence-electron chi connectivity index (χ1n) is 14.6. The van der Waals surface area contributed by atoms with Crippen LogP contribution in [0.3, 0.4) is 0 Å². The number of aromatic amines is 1. The number of furan rings is 1. The summed E-state index contributed by atoms with van der Waals surface area (Å²) in [6, 6.07) is 12.7. The van der Waals surface area contributed by atoms with Crippen LogP contribution in [-0.2, 0) is 6.42 Å². The highest BCUT2D eigenvalue weighted by molar-refractivity contribution is 6.17. The van der Waals surface area contributed by atoms with Gasteiger partial charge in [-0.1, -0.05) is 40.0 Å². The Morgan fingerprint density at radius 2 is 1.60 bits per heavy atom. The van der Waals surface area contributed by atoms with Gasteiger partial charge in [0.05, 0.1) is 12.2 Å². The predicted octanol–water partition coefficient (Wildman–Crippen LogP) is 7.02. The van der Waals surface area contributed by atoms with Crippen molar-refractivity contribution in [1.29, 1.82) is 0 Å². The Morgan fingerprint density at radius 3 is 2.25 bits per heavy atom. The molecule has 2 aromatic heterocycles. The minimum absolute atomic E-state index is 0.112. The molecule has 8 nitrogen and oxygen atoms in total. The molecule has 2 heterocycles. The number of nitrogens with zero attached hydrogens (tertiary/aromatic N) is 2. The van der Waals surface area contributed by atoms with E-state index in [4.69, 9.17) is 13.6 Å². The standard InChI is InChI=1S/C32H41N3O5/c1-4-7-11-28-29(26-22-24(14-17-27(26)39-28)31-33-34-32(37)40-31)30(36)23-12-15-25(16-13-23)38-21-10-20-35(18-8-5-2)19-9-6-3/h12-17,22H,4-11,18-21H2,1-3H3,(H,34,37). The Labute approximate surface area is 235 Å². The van der Waals surface area contributed by atoms with E-state index in [9.17, 15) is 9.59 Å². The van der Waals surface area contributed by atoms with Crippen molar-refractivity contribution >= 4 is 16.8 Å². The number of unbranched alkanes of at least 4 members (excludes halogenated alkanes) is 3. The van der Waals surface area contributed by atoms with Gasteiger partial charge in [-0.05, 0) is 81.2 Å². The van der Waals surface area contributed by atoms with Crippen molar-refractivity contribution in [1.82, 2.24) is 15.1 Å². The summed E-state index contributed by atoms with van der Waals surface area (Å²) >= 11 is 0. The van der Waals surface area contributed by atoms with Crippen LogP contribution >= 0.6 is 0 Å². The molecule has 0 aliphatic carbocycles. The van der Waals surface area contributed by atoms with Gasteiger partial charge < -0.3 is 18.5 Å². The number of carbonyl (C=O) groups excluding carboxylic acids is 1. The molecule has 2 aromatic carbocycles. The fourth-order valence-corrected chi connectivity index (χ4v) is 4.82. The minimum atomic E-state index is -0.630. The zero-order valence-electron chi connectivity index (χ0n) is 24.0.